The Kier molecular flexibility index (Phi) is 6.45. The smallest absolute Gasteiger partial charge is 0.0270 e. The molecule has 1 heteroatoms. The van der Waals surface area contributed by atoms with Crippen LogP contribution in [0.3, 0.4) is 0 Å². The van der Waals surface area contributed by atoms with Gasteiger partial charge in [0, 0.05) is 18.3 Å². The van der Waals surface area contributed by atoms with E-state index >= 15 is 0 Å². The largest absolute Gasteiger partial charge is 0.265 e. The second-order valence-corrected chi connectivity index (χ2v) is 7.88. The second-order valence-electron chi connectivity index (χ2n) is 7.88. The second kappa shape index (κ2) is 8.99. The van der Waals surface area contributed by atoms with Gasteiger partial charge in [-0.05, 0) is 58.2 Å². The van der Waals surface area contributed by atoms with Crippen LogP contribution in [0.4, 0.5) is 0 Å². The van der Waals surface area contributed by atoms with Crippen LogP contribution in [-0.4, -0.2) is 4.98 Å². The lowest BCUT2D eigenvalue weighted by molar-refractivity contribution is 0.491. The molecule has 0 aliphatic heterocycles. The first-order valence-electron chi connectivity index (χ1n) is 10.2. The predicted molar refractivity (Wildman–Crippen MR) is 115 cm³/mol. The highest BCUT2D eigenvalue weighted by Crippen LogP contribution is 2.39. The summed E-state index contributed by atoms with van der Waals surface area (Å²) in [7, 11) is 0. The summed E-state index contributed by atoms with van der Waals surface area (Å²) in [6, 6.07) is 22.1. The van der Waals surface area contributed by atoms with Crippen molar-refractivity contribution >= 4 is 0 Å². The highest BCUT2D eigenvalue weighted by Gasteiger charge is 2.25. The van der Waals surface area contributed by atoms with E-state index in [1.165, 1.54) is 27.8 Å². The maximum atomic E-state index is 4.24. The summed E-state index contributed by atoms with van der Waals surface area (Å²) in [6.45, 7) is 9.32. The van der Waals surface area contributed by atoms with E-state index in [9.17, 15) is 0 Å². The van der Waals surface area contributed by atoms with E-state index < -0.39 is 0 Å². The van der Waals surface area contributed by atoms with Gasteiger partial charge in [-0.2, -0.15) is 0 Å². The van der Waals surface area contributed by atoms with Gasteiger partial charge in [-0.15, -0.1) is 0 Å². The Balaban J connectivity index is 2.11. The Hall–Kier alpha value is -2.41. The van der Waals surface area contributed by atoms with Crippen molar-refractivity contribution in [3.8, 4) is 0 Å². The Morgan fingerprint density at radius 2 is 1.52 bits per heavy atom. The summed E-state index contributed by atoms with van der Waals surface area (Å²) in [5, 5.41) is 0. The number of pyridine rings is 1. The normalized spacial score (nSPS) is 13.5. The van der Waals surface area contributed by atoms with Crippen LogP contribution in [0.2, 0.25) is 0 Å². The number of hydrogen-bond donors (Lipinski definition) is 0. The molecule has 0 aliphatic carbocycles. The first-order chi connectivity index (χ1) is 13.1. The third-order valence-corrected chi connectivity index (χ3v) is 5.66. The maximum Gasteiger partial charge on any atom is 0.0270 e. The van der Waals surface area contributed by atoms with Crippen molar-refractivity contribution < 1.29 is 0 Å². The fourth-order valence-corrected chi connectivity index (χ4v) is 4.20. The fourth-order valence-electron chi connectivity index (χ4n) is 4.20. The molecule has 0 saturated carbocycles. The molecule has 0 amide bonds. The quantitative estimate of drug-likeness (QED) is 0.445. The summed E-state index contributed by atoms with van der Waals surface area (Å²) in [4.78, 5) is 4.24. The van der Waals surface area contributed by atoms with Crippen molar-refractivity contribution in [3.63, 3.8) is 0 Å². The lowest BCUT2D eigenvalue weighted by atomic mass is 9.75. The van der Waals surface area contributed by atoms with Crippen molar-refractivity contribution in [1.29, 1.82) is 0 Å². The molecule has 140 valence electrons. The average Bonchev–Trinajstić information content (AvgIpc) is 2.69. The van der Waals surface area contributed by atoms with Gasteiger partial charge in [-0.3, -0.25) is 4.98 Å². The number of rotatable bonds is 7. The molecule has 0 spiro atoms. The maximum absolute atomic E-state index is 4.24. The first-order valence-corrected chi connectivity index (χ1v) is 10.2. The zero-order valence-corrected chi connectivity index (χ0v) is 17.0. The van der Waals surface area contributed by atoms with Crippen LogP contribution in [0, 0.1) is 5.92 Å². The zero-order valence-electron chi connectivity index (χ0n) is 17.0. The summed E-state index contributed by atoms with van der Waals surface area (Å²) in [6.07, 6.45) is 6.00. The van der Waals surface area contributed by atoms with Gasteiger partial charge in [0.25, 0.3) is 0 Å². The van der Waals surface area contributed by atoms with Crippen LogP contribution in [0.15, 0.2) is 73.1 Å². The standard InChI is InChI=1S/C26H31N/c1-5-20(4)26(22-14-16-27-17-15-22)24-13-9-12-23(25(24)19(2)3)18-21-10-7-6-8-11-21/h6-17,19-20,26H,5,18H2,1-4H3. The van der Waals surface area contributed by atoms with Gasteiger partial charge in [0.15, 0.2) is 0 Å². The molecule has 1 aromatic heterocycles. The van der Waals surface area contributed by atoms with Gasteiger partial charge >= 0.3 is 0 Å². The highest BCUT2D eigenvalue weighted by molar-refractivity contribution is 5.46. The minimum Gasteiger partial charge on any atom is -0.265 e. The van der Waals surface area contributed by atoms with E-state index in [2.05, 4.69) is 93.3 Å². The molecule has 0 fully saturated rings. The summed E-state index contributed by atoms with van der Waals surface area (Å²) >= 11 is 0. The zero-order chi connectivity index (χ0) is 19.2. The van der Waals surface area contributed by atoms with Gasteiger partial charge in [0.1, 0.15) is 0 Å². The lowest BCUT2D eigenvalue weighted by Gasteiger charge is -2.29. The summed E-state index contributed by atoms with van der Waals surface area (Å²) in [5.74, 6) is 1.48. The van der Waals surface area contributed by atoms with Gasteiger partial charge in [0.05, 0.1) is 0 Å². The van der Waals surface area contributed by atoms with E-state index in [0.29, 0.717) is 17.8 Å². The minimum absolute atomic E-state index is 0.408. The average molecular weight is 358 g/mol. The molecule has 1 nitrogen and oxygen atoms in total. The van der Waals surface area contributed by atoms with E-state index in [0.717, 1.165) is 12.8 Å². The number of hydrogen-bond acceptors (Lipinski definition) is 1. The van der Waals surface area contributed by atoms with E-state index in [1.807, 2.05) is 12.4 Å². The molecule has 0 aliphatic rings. The number of nitrogens with zero attached hydrogens (tertiary/aromatic N) is 1. The Morgan fingerprint density at radius 1 is 0.815 bits per heavy atom. The van der Waals surface area contributed by atoms with Crippen LogP contribution in [0.1, 0.15) is 73.8 Å². The van der Waals surface area contributed by atoms with Crippen LogP contribution in [0.25, 0.3) is 0 Å². The van der Waals surface area contributed by atoms with Crippen LogP contribution < -0.4 is 0 Å². The molecule has 27 heavy (non-hydrogen) atoms. The summed E-state index contributed by atoms with van der Waals surface area (Å²) in [5.41, 5.74) is 7.21. The fraction of sp³-hybridized carbons (Fsp3) is 0.346. The number of aromatic nitrogens is 1. The molecular weight excluding hydrogens is 326 g/mol. The van der Waals surface area contributed by atoms with Crippen LogP contribution >= 0.6 is 0 Å². The third kappa shape index (κ3) is 4.47. The van der Waals surface area contributed by atoms with Crippen molar-refractivity contribution in [2.45, 2.75) is 52.4 Å². The molecule has 0 bridgehead atoms. The Bertz CT molecular complexity index is 837. The van der Waals surface area contributed by atoms with Gasteiger partial charge in [-0.1, -0.05) is 82.6 Å². The monoisotopic (exact) mass is 357 g/mol. The topological polar surface area (TPSA) is 12.9 Å². The number of benzene rings is 2. The van der Waals surface area contributed by atoms with Crippen molar-refractivity contribution in [3.05, 3.63) is 101 Å². The molecule has 0 saturated heterocycles. The van der Waals surface area contributed by atoms with Crippen molar-refractivity contribution in [2.75, 3.05) is 0 Å². The van der Waals surface area contributed by atoms with E-state index in [-0.39, 0.29) is 0 Å². The van der Waals surface area contributed by atoms with Gasteiger partial charge in [-0.25, -0.2) is 0 Å². The molecule has 0 radical (unpaired) electrons. The van der Waals surface area contributed by atoms with Crippen molar-refractivity contribution in [2.24, 2.45) is 5.92 Å². The van der Waals surface area contributed by atoms with Gasteiger partial charge in [0.2, 0.25) is 0 Å². The SMILES string of the molecule is CCC(C)C(c1ccncc1)c1cccc(Cc2ccccc2)c1C(C)C. The Morgan fingerprint density at radius 3 is 2.15 bits per heavy atom. The molecule has 0 N–H and O–H groups in total. The molecular formula is C26H31N. The third-order valence-electron chi connectivity index (χ3n) is 5.66. The molecule has 2 aromatic carbocycles. The molecule has 1 heterocycles. The molecule has 2 unspecified atom stereocenters. The Labute approximate surface area is 164 Å². The van der Waals surface area contributed by atoms with Crippen LogP contribution in [-0.2, 0) is 6.42 Å². The van der Waals surface area contributed by atoms with E-state index in [1.54, 1.807) is 0 Å². The first kappa shape index (κ1) is 19.4. The highest BCUT2D eigenvalue weighted by atomic mass is 14.6. The predicted octanol–water partition coefficient (Wildman–Crippen LogP) is 6.97. The lowest BCUT2D eigenvalue weighted by Crippen LogP contribution is -2.15. The minimum atomic E-state index is 0.408. The van der Waals surface area contributed by atoms with Gasteiger partial charge < -0.3 is 0 Å². The van der Waals surface area contributed by atoms with Crippen LogP contribution in [0.5, 0.6) is 0 Å². The molecule has 3 rings (SSSR count). The summed E-state index contributed by atoms with van der Waals surface area (Å²) < 4.78 is 0. The molecule has 3 aromatic rings. The molecule has 2 atom stereocenters. The van der Waals surface area contributed by atoms with E-state index in [4.69, 9.17) is 0 Å². The van der Waals surface area contributed by atoms with Crippen molar-refractivity contribution in [1.82, 2.24) is 4.98 Å².